The number of likely N-dealkylation sites (N-methyl/N-ethyl adjacent to an activating group) is 1. The third-order valence-electron chi connectivity index (χ3n) is 4.09. The van der Waals surface area contributed by atoms with Crippen LogP contribution in [0.5, 0.6) is 5.75 Å². The lowest BCUT2D eigenvalue weighted by Crippen LogP contribution is -2.46. The maximum atomic E-state index is 10.9. The van der Waals surface area contributed by atoms with Crippen molar-refractivity contribution in [1.29, 1.82) is 0 Å². The van der Waals surface area contributed by atoms with Crippen molar-refractivity contribution in [2.24, 2.45) is 0 Å². The smallest absolute Gasteiger partial charge is 0.162 e. The van der Waals surface area contributed by atoms with E-state index in [1.807, 2.05) is 32.6 Å². The minimum atomic E-state index is -0.660. The first-order chi connectivity index (χ1) is 8.79. The monoisotopic (exact) mass is 269 g/mol. The van der Waals surface area contributed by atoms with Crippen molar-refractivity contribution in [3.05, 3.63) is 11.9 Å². The summed E-state index contributed by atoms with van der Waals surface area (Å²) in [4.78, 5) is 2.05. The number of aliphatic hydroxyl groups excluding tert-OH is 1. The van der Waals surface area contributed by atoms with Gasteiger partial charge in [0.1, 0.15) is 11.8 Å². The average molecular weight is 269 g/mol. The van der Waals surface area contributed by atoms with Crippen molar-refractivity contribution in [2.75, 3.05) is 21.2 Å². The largest absolute Gasteiger partial charge is 0.493 e. The zero-order valence-electron chi connectivity index (χ0n) is 13.1. The van der Waals surface area contributed by atoms with Crippen LogP contribution in [0.1, 0.15) is 52.0 Å². The SMILES string of the molecule is CCC(C)(C(O)c1c(OC)cnn1C(C)C)N(C)C. The van der Waals surface area contributed by atoms with E-state index >= 15 is 0 Å². The fourth-order valence-corrected chi connectivity index (χ4v) is 2.23. The number of nitrogens with zero attached hydrogens (tertiary/aromatic N) is 3. The summed E-state index contributed by atoms with van der Waals surface area (Å²) in [6.07, 6.45) is 1.84. The van der Waals surface area contributed by atoms with Gasteiger partial charge in [-0.25, -0.2) is 0 Å². The Kier molecular flexibility index (Phi) is 4.98. The molecule has 0 saturated heterocycles. The molecule has 2 atom stereocenters. The Hall–Kier alpha value is -1.07. The number of aliphatic hydroxyl groups is 1. The first-order valence-corrected chi connectivity index (χ1v) is 6.76. The molecule has 5 nitrogen and oxygen atoms in total. The van der Waals surface area contributed by atoms with E-state index in [1.165, 1.54) is 0 Å². The van der Waals surface area contributed by atoms with Gasteiger partial charge in [-0.1, -0.05) is 6.92 Å². The molecule has 0 radical (unpaired) electrons. The van der Waals surface area contributed by atoms with Crippen LogP contribution in [0.15, 0.2) is 6.20 Å². The highest BCUT2D eigenvalue weighted by molar-refractivity contribution is 5.30. The van der Waals surface area contributed by atoms with Crippen LogP contribution in [0, 0.1) is 0 Å². The van der Waals surface area contributed by atoms with Crippen molar-refractivity contribution in [1.82, 2.24) is 14.7 Å². The maximum absolute atomic E-state index is 10.9. The molecule has 1 aromatic rings. The molecule has 0 spiro atoms. The molecule has 0 aliphatic carbocycles. The quantitative estimate of drug-likeness (QED) is 0.860. The third-order valence-corrected chi connectivity index (χ3v) is 4.09. The van der Waals surface area contributed by atoms with Crippen molar-refractivity contribution >= 4 is 0 Å². The molecule has 0 bridgehead atoms. The number of ether oxygens (including phenoxy) is 1. The minimum absolute atomic E-state index is 0.178. The van der Waals surface area contributed by atoms with Gasteiger partial charge in [-0.15, -0.1) is 0 Å². The molecular formula is C14H27N3O2. The van der Waals surface area contributed by atoms with Crippen LogP contribution in [0.3, 0.4) is 0 Å². The lowest BCUT2D eigenvalue weighted by molar-refractivity contribution is -0.00635. The van der Waals surface area contributed by atoms with Crippen molar-refractivity contribution in [3.8, 4) is 5.75 Å². The van der Waals surface area contributed by atoms with Crippen LogP contribution in [0.25, 0.3) is 0 Å². The molecule has 110 valence electrons. The molecule has 0 amide bonds. The molecule has 1 aromatic heterocycles. The van der Waals surface area contributed by atoms with Gasteiger partial charge in [-0.3, -0.25) is 4.68 Å². The standard InChI is InChI=1S/C14H27N3O2/c1-8-14(4,16(5)6)13(18)12-11(19-7)9-15-17(12)10(2)3/h9-10,13,18H,8H2,1-7H3. The molecule has 0 aromatic carbocycles. The lowest BCUT2D eigenvalue weighted by Gasteiger charge is -2.40. The van der Waals surface area contributed by atoms with E-state index in [-0.39, 0.29) is 11.6 Å². The van der Waals surface area contributed by atoms with Crippen LogP contribution < -0.4 is 4.74 Å². The Balaban J connectivity index is 3.31. The zero-order chi connectivity index (χ0) is 14.8. The van der Waals surface area contributed by atoms with E-state index in [2.05, 4.69) is 23.8 Å². The Morgan fingerprint density at radius 3 is 2.42 bits per heavy atom. The van der Waals surface area contributed by atoms with Gasteiger partial charge >= 0.3 is 0 Å². The summed E-state index contributed by atoms with van der Waals surface area (Å²) in [6.45, 7) is 8.21. The lowest BCUT2D eigenvalue weighted by atomic mass is 9.88. The molecule has 1 N–H and O–H groups in total. The summed E-state index contributed by atoms with van der Waals surface area (Å²) < 4.78 is 7.19. The van der Waals surface area contributed by atoms with E-state index in [0.717, 1.165) is 12.1 Å². The summed E-state index contributed by atoms with van der Waals surface area (Å²) in [5.74, 6) is 0.641. The van der Waals surface area contributed by atoms with Crippen LogP contribution in [0.4, 0.5) is 0 Å². The number of hydrogen-bond donors (Lipinski definition) is 1. The molecule has 0 fully saturated rings. The highest BCUT2D eigenvalue weighted by Crippen LogP contribution is 2.37. The Bertz CT molecular complexity index is 415. The summed E-state index contributed by atoms with van der Waals surface area (Å²) in [7, 11) is 5.57. The van der Waals surface area contributed by atoms with E-state index in [1.54, 1.807) is 13.3 Å². The topological polar surface area (TPSA) is 50.5 Å². The highest BCUT2D eigenvalue weighted by atomic mass is 16.5. The van der Waals surface area contributed by atoms with Gasteiger partial charge in [0.25, 0.3) is 0 Å². The average Bonchev–Trinajstić information content (AvgIpc) is 2.80. The van der Waals surface area contributed by atoms with E-state index < -0.39 is 6.10 Å². The minimum Gasteiger partial charge on any atom is -0.493 e. The molecule has 0 aliphatic rings. The van der Waals surface area contributed by atoms with Crippen molar-refractivity contribution in [2.45, 2.75) is 51.8 Å². The number of rotatable bonds is 6. The summed E-state index contributed by atoms with van der Waals surface area (Å²) in [6, 6.07) is 0.178. The van der Waals surface area contributed by atoms with Gasteiger partial charge in [0.05, 0.1) is 13.3 Å². The van der Waals surface area contributed by atoms with Gasteiger partial charge in [0.2, 0.25) is 0 Å². The van der Waals surface area contributed by atoms with Gasteiger partial charge < -0.3 is 14.7 Å². The Labute approximate surface area is 116 Å². The number of hydrogen-bond acceptors (Lipinski definition) is 4. The molecule has 0 aliphatic heterocycles. The van der Waals surface area contributed by atoms with Crippen molar-refractivity contribution in [3.63, 3.8) is 0 Å². The van der Waals surface area contributed by atoms with Gasteiger partial charge in [0.15, 0.2) is 5.75 Å². The molecule has 1 heterocycles. The highest BCUT2D eigenvalue weighted by Gasteiger charge is 2.38. The number of aromatic nitrogens is 2. The molecule has 5 heteroatoms. The molecule has 1 rings (SSSR count). The van der Waals surface area contributed by atoms with Crippen LogP contribution in [-0.4, -0.2) is 46.5 Å². The molecular weight excluding hydrogens is 242 g/mol. The second kappa shape index (κ2) is 5.92. The predicted octanol–water partition coefficient (Wildman–Crippen LogP) is 2.24. The molecule has 2 unspecified atom stereocenters. The van der Waals surface area contributed by atoms with Gasteiger partial charge in [0, 0.05) is 11.6 Å². The van der Waals surface area contributed by atoms with Crippen molar-refractivity contribution < 1.29 is 9.84 Å². The summed E-state index contributed by atoms with van der Waals surface area (Å²) in [5, 5.41) is 15.2. The fraction of sp³-hybridized carbons (Fsp3) is 0.786. The van der Waals surface area contributed by atoms with E-state index in [9.17, 15) is 5.11 Å². The zero-order valence-corrected chi connectivity index (χ0v) is 13.1. The van der Waals surface area contributed by atoms with E-state index in [4.69, 9.17) is 4.74 Å². The molecule has 19 heavy (non-hydrogen) atoms. The van der Waals surface area contributed by atoms with E-state index in [0.29, 0.717) is 5.75 Å². The molecule has 0 saturated carbocycles. The normalized spacial score (nSPS) is 16.7. The second-order valence-electron chi connectivity index (χ2n) is 5.64. The summed E-state index contributed by atoms with van der Waals surface area (Å²) >= 11 is 0. The van der Waals surface area contributed by atoms with Gasteiger partial charge in [-0.2, -0.15) is 5.10 Å². The predicted molar refractivity (Wildman–Crippen MR) is 76.5 cm³/mol. The fourth-order valence-electron chi connectivity index (χ4n) is 2.23. The maximum Gasteiger partial charge on any atom is 0.162 e. The van der Waals surface area contributed by atoms with Gasteiger partial charge in [-0.05, 0) is 41.3 Å². The first kappa shape index (κ1) is 16.0. The third kappa shape index (κ3) is 2.77. The second-order valence-corrected chi connectivity index (χ2v) is 5.64. The Morgan fingerprint density at radius 1 is 1.47 bits per heavy atom. The summed E-state index contributed by atoms with van der Waals surface area (Å²) in [5.41, 5.74) is 0.385. The number of methoxy groups -OCH3 is 1. The van der Waals surface area contributed by atoms with Crippen LogP contribution in [-0.2, 0) is 0 Å². The van der Waals surface area contributed by atoms with Crippen LogP contribution in [0.2, 0.25) is 0 Å². The Morgan fingerprint density at radius 2 is 2.05 bits per heavy atom. The first-order valence-electron chi connectivity index (χ1n) is 6.76. The van der Waals surface area contributed by atoms with Crippen LogP contribution >= 0.6 is 0 Å².